The van der Waals surface area contributed by atoms with Crippen LogP contribution in [0, 0.1) is 5.82 Å². The summed E-state index contributed by atoms with van der Waals surface area (Å²) in [5.41, 5.74) is 4.48. The number of carbonyl (C=O) groups is 3. The zero-order valence-electron chi connectivity index (χ0n) is 18.8. The first kappa shape index (κ1) is 23.1. The molecule has 0 fully saturated rings. The minimum Gasteiger partial charge on any atom is -0.465 e. The van der Waals surface area contributed by atoms with E-state index in [-0.39, 0.29) is 41.6 Å². The molecule has 1 atom stereocenters. The summed E-state index contributed by atoms with van der Waals surface area (Å²) in [6.07, 6.45) is -0.851. The van der Waals surface area contributed by atoms with E-state index < -0.39 is 29.6 Å². The predicted octanol–water partition coefficient (Wildman–Crippen LogP) is 5.73. The zero-order chi connectivity index (χ0) is 24.9. The number of anilines is 1. The van der Waals surface area contributed by atoms with Crippen LogP contribution in [0.4, 0.5) is 14.9 Å². The van der Waals surface area contributed by atoms with Gasteiger partial charge in [0.1, 0.15) is 5.82 Å². The van der Waals surface area contributed by atoms with E-state index in [0.29, 0.717) is 5.56 Å². The molecule has 3 aromatic carbocycles. The minimum atomic E-state index is -1.22. The summed E-state index contributed by atoms with van der Waals surface area (Å²) in [5.74, 6) is -1.95. The van der Waals surface area contributed by atoms with Gasteiger partial charge in [-0.15, -0.1) is 0 Å². The van der Waals surface area contributed by atoms with Gasteiger partial charge < -0.3 is 10.4 Å². The number of nitrogens with one attached hydrogen (secondary N) is 1. The van der Waals surface area contributed by atoms with Crippen molar-refractivity contribution in [1.82, 2.24) is 4.90 Å². The van der Waals surface area contributed by atoms with Gasteiger partial charge in [-0.2, -0.15) is 0 Å². The molecule has 35 heavy (non-hydrogen) atoms. The Balaban J connectivity index is 1.54. The van der Waals surface area contributed by atoms with Gasteiger partial charge in [-0.3, -0.25) is 14.5 Å². The maximum Gasteiger partial charge on any atom is 0.407 e. The van der Waals surface area contributed by atoms with Crippen LogP contribution < -0.4 is 5.32 Å². The molecule has 2 amide bonds. The third-order valence-electron chi connectivity index (χ3n) is 6.81. The minimum absolute atomic E-state index is 0.00555. The number of halogens is 2. The highest BCUT2D eigenvalue weighted by Gasteiger charge is 2.40. The molecule has 0 spiro atoms. The summed E-state index contributed by atoms with van der Waals surface area (Å²) in [6, 6.07) is 15.7. The molecular weight excluding hydrogens is 471 g/mol. The van der Waals surface area contributed by atoms with Crippen LogP contribution in [0.25, 0.3) is 11.1 Å². The lowest BCUT2D eigenvalue weighted by Gasteiger charge is -2.35. The van der Waals surface area contributed by atoms with Gasteiger partial charge in [-0.05, 0) is 46.7 Å². The number of ketones is 1. The van der Waals surface area contributed by atoms with E-state index in [1.807, 2.05) is 48.5 Å². The van der Waals surface area contributed by atoms with E-state index in [1.165, 1.54) is 11.8 Å². The second-order valence-corrected chi connectivity index (χ2v) is 9.21. The lowest BCUT2D eigenvalue weighted by molar-refractivity contribution is -0.114. The molecule has 5 rings (SSSR count). The molecule has 178 valence electrons. The second-order valence-electron chi connectivity index (χ2n) is 8.84. The molecule has 0 bridgehead atoms. The summed E-state index contributed by atoms with van der Waals surface area (Å²) in [7, 11) is 0. The molecule has 2 aliphatic carbocycles. The molecule has 0 radical (unpaired) electrons. The van der Waals surface area contributed by atoms with E-state index >= 15 is 0 Å². The highest BCUT2D eigenvalue weighted by molar-refractivity contribution is 6.32. The SMILES string of the molecule is CC(=O)Nc1cc(F)c(Cl)c2c1C(=O)C(N(CC1c3ccccc3-c3ccccc31)C(=O)O)CC2. The van der Waals surface area contributed by atoms with Crippen molar-refractivity contribution in [3.05, 3.63) is 87.7 Å². The fraction of sp³-hybridized carbons (Fsp3) is 0.222. The van der Waals surface area contributed by atoms with Crippen molar-refractivity contribution < 1.29 is 23.9 Å². The van der Waals surface area contributed by atoms with Crippen LogP contribution in [0.2, 0.25) is 5.02 Å². The number of fused-ring (bicyclic) bond motifs is 4. The average Bonchev–Trinajstić information content (AvgIpc) is 3.14. The van der Waals surface area contributed by atoms with E-state index in [9.17, 15) is 23.9 Å². The Kier molecular flexibility index (Phi) is 5.81. The smallest absolute Gasteiger partial charge is 0.407 e. The van der Waals surface area contributed by atoms with Crippen molar-refractivity contribution in [2.45, 2.75) is 31.7 Å². The lowest BCUT2D eigenvalue weighted by Crippen LogP contribution is -2.48. The molecule has 2 aliphatic rings. The van der Waals surface area contributed by atoms with E-state index in [1.54, 1.807) is 0 Å². The van der Waals surface area contributed by atoms with Crippen molar-refractivity contribution in [3.8, 4) is 11.1 Å². The summed E-state index contributed by atoms with van der Waals surface area (Å²) in [5, 5.41) is 12.5. The number of benzene rings is 3. The Morgan fingerprint density at radius 2 is 1.71 bits per heavy atom. The first-order valence-corrected chi connectivity index (χ1v) is 11.7. The largest absolute Gasteiger partial charge is 0.465 e. The fourth-order valence-electron chi connectivity index (χ4n) is 5.35. The molecule has 8 heteroatoms. The van der Waals surface area contributed by atoms with Gasteiger partial charge in [0.25, 0.3) is 0 Å². The first-order chi connectivity index (χ1) is 16.8. The monoisotopic (exact) mass is 492 g/mol. The van der Waals surface area contributed by atoms with Gasteiger partial charge in [0, 0.05) is 24.9 Å². The van der Waals surface area contributed by atoms with Crippen LogP contribution >= 0.6 is 11.6 Å². The van der Waals surface area contributed by atoms with E-state index in [0.717, 1.165) is 28.3 Å². The lowest BCUT2D eigenvalue weighted by atomic mass is 9.84. The number of carbonyl (C=O) groups excluding carboxylic acids is 2. The summed E-state index contributed by atoms with van der Waals surface area (Å²) < 4.78 is 14.4. The topological polar surface area (TPSA) is 86.7 Å². The van der Waals surface area contributed by atoms with Crippen LogP contribution in [0.1, 0.15) is 46.3 Å². The van der Waals surface area contributed by atoms with E-state index in [2.05, 4.69) is 5.32 Å². The highest BCUT2D eigenvalue weighted by atomic mass is 35.5. The molecule has 2 N–H and O–H groups in total. The van der Waals surface area contributed by atoms with Gasteiger partial charge in [-0.1, -0.05) is 60.1 Å². The Labute approximate surface area is 206 Å². The zero-order valence-corrected chi connectivity index (χ0v) is 19.6. The molecule has 0 saturated heterocycles. The molecule has 3 aromatic rings. The van der Waals surface area contributed by atoms with Crippen LogP contribution in [0.15, 0.2) is 54.6 Å². The Hall–Kier alpha value is -3.71. The van der Waals surface area contributed by atoms with Crippen molar-refractivity contribution >= 4 is 35.1 Å². The van der Waals surface area contributed by atoms with Gasteiger partial charge in [0.05, 0.1) is 16.8 Å². The van der Waals surface area contributed by atoms with Crippen molar-refractivity contribution in [2.24, 2.45) is 0 Å². The summed E-state index contributed by atoms with van der Waals surface area (Å²) in [6.45, 7) is 1.34. The van der Waals surface area contributed by atoms with Crippen LogP contribution in [-0.2, 0) is 11.2 Å². The third kappa shape index (κ3) is 3.86. The number of hydrogen-bond donors (Lipinski definition) is 2. The van der Waals surface area contributed by atoms with Crippen molar-refractivity contribution in [3.63, 3.8) is 0 Å². The molecule has 0 aromatic heterocycles. The Morgan fingerprint density at radius 3 is 2.29 bits per heavy atom. The van der Waals surface area contributed by atoms with Crippen molar-refractivity contribution in [1.29, 1.82) is 0 Å². The van der Waals surface area contributed by atoms with Crippen LogP contribution in [-0.4, -0.2) is 40.4 Å². The first-order valence-electron chi connectivity index (χ1n) is 11.3. The number of amides is 2. The number of Topliss-reactive ketones (excluding diaryl/α,β-unsaturated/α-hetero) is 1. The van der Waals surface area contributed by atoms with Gasteiger partial charge in [0.15, 0.2) is 5.78 Å². The highest BCUT2D eigenvalue weighted by Crippen LogP contribution is 2.45. The van der Waals surface area contributed by atoms with Crippen LogP contribution in [0.3, 0.4) is 0 Å². The number of carboxylic acid groups (broad SMARTS) is 1. The maximum absolute atomic E-state index is 14.4. The maximum atomic E-state index is 14.4. The Bertz CT molecular complexity index is 1340. The summed E-state index contributed by atoms with van der Waals surface area (Å²) in [4.78, 5) is 39.0. The number of rotatable bonds is 4. The average molecular weight is 493 g/mol. The Morgan fingerprint density at radius 1 is 1.11 bits per heavy atom. The van der Waals surface area contributed by atoms with Gasteiger partial charge in [-0.25, -0.2) is 9.18 Å². The third-order valence-corrected chi connectivity index (χ3v) is 7.22. The van der Waals surface area contributed by atoms with E-state index in [4.69, 9.17) is 11.6 Å². The number of nitrogens with zero attached hydrogens (tertiary/aromatic N) is 1. The quantitative estimate of drug-likeness (QED) is 0.487. The fourth-order valence-corrected chi connectivity index (χ4v) is 5.59. The number of hydrogen-bond acceptors (Lipinski definition) is 3. The second kappa shape index (κ2) is 8.82. The molecule has 0 aliphatic heterocycles. The molecular formula is C27H22ClFN2O4. The summed E-state index contributed by atoms with van der Waals surface area (Å²) >= 11 is 6.15. The molecule has 1 unspecified atom stereocenters. The van der Waals surface area contributed by atoms with Crippen molar-refractivity contribution in [2.75, 3.05) is 11.9 Å². The normalized spacial score (nSPS) is 16.3. The van der Waals surface area contributed by atoms with Gasteiger partial charge in [0.2, 0.25) is 5.91 Å². The van der Waals surface area contributed by atoms with Gasteiger partial charge >= 0.3 is 6.09 Å². The predicted molar refractivity (Wildman–Crippen MR) is 131 cm³/mol. The molecule has 6 nitrogen and oxygen atoms in total. The van der Waals surface area contributed by atoms with Crippen LogP contribution in [0.5, 0.6) is 0 Å². The standard InChI is InChI=1S/C27H22ClFN2O4/c1-14(32)30-22-12-21(29)25(28)19-10-11-23(26(33)24(19)22)31(27(34)35)13-20-17-8-4-2-6-15(17)16-7-3-5-9-18(16)20/h2-9,12,20,23H,10-11,13H2,1H3,(H,30,32)(H,34,35). The molecule has 0 heterocycles. The molecule has 0 saturated carbocycles.